The summed E-state index contributed by atoms with van der Waals surface area (Å²) >= 11 is 0. The Balaban J connectivity index is 2.63. The molecule has 72 valence electrons. The standard InChI is InChI=1S/C6H13NO5/c7-1-2-3(8)4(9)5(10)6(11)12-2/h2-6,8-11H,1,7H2/t2-,3-,4?,5+,6?/m1/s1. The number of aliphatic hydroxyl groups excluding tert-OH is 4. The molecule has 1 rings (SSSR count). The molecule has 1 aliphatic heterocycles. The first-order valence-corrected chi connectivity index (χ1v) is 3.65. The van der Waals surface area contributed by atoms with Crippen LogP contribution in [0.5, 0.6) is 0 Å². The quantitative estimate of drug-likeness (QED) is 0.288. The van der Waals surface area contributed by atoms with Crippen LogP contribution in [0.3, 0.4) is 0 Å². The smallest absolute Gasteiger partial charge is 0.184 e. The van der Waals surface area contributed by atoms with Crippen molar-refractivity contribution in [1.29, 1.82) is 0 Å². The second-order valence-electron chi connectivity index (χ2n) is 2.77. The van der Waals surface area contributed by atoms with Gasteiger partial charge in [-0.15, -0.1) is 0 Å². The molecule has 6 heteroatoms. The van der Waals surface area contributed by atoms with E-state index in [0.717, 1.165) is 0 Å². The number of nitrogens with two attached hydrogens (primary N) is 1. The summed E-state index contributed by atoms with van der Waals surface area (Å²) in [6.45, 7) is -0.0258. The van der Waals surface area contributed by atoms with Gasteiger partial charge in [0.1, 0.15) is 24.4 Å². The van der Waals surface area contributed by atoms with E-state index in [1.807, 2.05) is 0 Å². The van der Waals surface area contributed by atoms with Crippen LogP contribution in [-0.2, 0) is 4.74 Å². The molecule has 1 fully saturated rings. The van der Waals surface area contributed by atoms with E-state index in [4.69, 9.17) is 25.8 Å². The summed E-state index contributed by atoms with van der Waals surface area (Å²) in [7, 11) is 0. The number of ether oxygens (including phenoxy) is 1. The highest BCUT2D eigenvalue weighted by Crippen LogP contribution is 2.18. The molecule has 0 aromatic rings. The third-order valence-electron chi connectivity index (χ3n) is 1.92. The number of hydrogen-bond acceptors (Lipinski definition) is 6. The normalized spacial score (nSPS) is 49.2. The molecular weight excluding hydrogens is 166 g/mol. The lowest BCUT2D eigenvalue weighted by Gasteiger charge is -2.37. The van der Waals surface area contributed by atoms with Crippen LogP contribution in [-0.4, -0.2) is 57.7 Å². The Morgan fingerprint density at radius 3 is 2.08 bits per heavy atom. The minimum atomic E-state index is -1.49. The van der Waals surface area contributed by atoms with E-state index in [1.165, 1.54) is 0 Å². The molecule has 2 unspecified atom stereocenters. The molecule has 5 atom stereocenters. The minimum Gasteiger partial charge on any atom is -0.388 e. The highest BCUT2D eigenvalue weighted by atomic mass is 16.6. The van der Waals surface area contributed by atoms with Crippen LogP contribution in [0, 0.1) is 0 Å². The van der Waals surface area contributed by atoms with Gasteiger partial charge in [-0.05, 0) is 0 Å². The molecule has 6 nitrogen and oxygen atoms in total. The zero-order valence-corrected chi connectivity index (χ0v) is 6.37. The first-order valence-electron chi connectivity index (χ1n) is 3.65. The fraction of sp³-hybridized carbons (Fsp3) is 1.00. The molecule has 0 aromatic carbocycles. The Bertz CT molecular complexity index is 150. The Labute approximate surface area is 69.2 Å². The molecule has 1 aliphatic rings. The maximum atomic E-state index is 9.20. The van der Waals surface area contributed by atoms with Crippen LogP contribution in [0.25, 0.3) is 0 Å². The van der Waals surface area contributed by atoms with Crippen molar-refractivity contribution in [3.8, 4) is 0 Å². The molecule has 0 aliphatic carbocycles. The maximum Gasteiger partial charge on any atom is 0.184 e. The van der Waals surface area contributed by atoms with Gasteiger partial charge in [-0.3, -0.25) is 0 Å². The van der Waals surface area contributed by atoms with Crippen molar-refractivity contribution in [2.45, 2.75) is 30.7 Å². The van der Waals surface area contributed by atoms with Crippen molar-refractivity contribution in [1.82, 2.24) is 0 Å². The highest BCUT2D eigenvalue weighted by molar-refractivity contribution is 4.88. The second-order valence-corrected chi connectivity index (χ2v) is 2.77. The van der Waals surface area contributed by atoms with Gasteiger partial charge in [0.05, 0.1) is 0 Å². The van der Waals surface area contributed by atoms with Crippen LogP contribution in [0.2, 0.25) is 0 Å². The van der Waals surface area contributed by atoms with Gasteiger partial charge in [-0.1, -0.05) is 0 Å². The first-order chi connectivity index (χ1) is 5.57. The number of rotatable bonds is 1. The molecule has 0 saturated carbocycles. The maximum absolute atomic E-state index is 9.20. The van der Waals surface area contributed by atoms with E-state index in [1.54, 1.807) is 0 Å². The van der Waals surface area contributed by atoms with E-state index in [0.29, 0.717) is 0 Å². The van der Waals surface area contributed by atoms with Crippen molar-refractivity contribution >= 4 is 0 Å². The second kappa shape index (κ2) is 3.65. The largest absolute Gasteiger partial charge is 0.388 e. The Morgan fingerprint density at radius 2 is 1.58 bits per heavy atom. The lowest BCUT2D eigenvalue weighted by molar-refractivity contribution is -0.279. The third-order valence-corrected chi connectivity index (χ3v) is 1.92. The van der Waals surface area contributed by atoms with Gasteiger partial charge in [-0.25, -0.2) is 0 Å². The molecule has 1 heterocycles. The predicted octanol–water partition coefficient (Wildman–Crippen LogP) is -3.25. The van der Waals surface area contributed by atoms with E-state index in [2.05, 4.69) is 0 Å². The van der Waals surface area contributed by atoms with Crippen molar-refractivity contribution in [2.75, 3.05) is 6.54 Å². The van der Waals surface area contributed by atoms with Crippen LogP contribution in [0.1, 0.15) is 0 Å². The van der Waals surface area contributed by atoms with Crippen molar-refractivity contribution < 1.29 is 25.2 Å². The van der Waals surface area contributed by atoms with Crippen LogP contribution in [0.15, 0.2) is 0 Å². The summed E-state index contributed by atoms with van der Waals surface area (Å²) in [6.07, 6.45) is -6.48. The van der Waals surface area contributed by atoms with Gasteiger partial charge < -0.3 is 30.9 Å². The zero-order valence-electron chi connectivity index (χ0n) is 6.37. The first kappa shape index (κ1) is 9.85. The van der Waals surface area contributed by atoms with Gasteiger partial charge in [0.25, 0.3) is 0 Å². The van der Waals surface area contributed by atoms with Gasteiger partial charge in [0.2, 0.25) is 0 Å². The summed E-state index contributed by atoms with van der Waals surface area (Å²) in [5.74, 6) is 0. The van der Waals surface area contributed by atoms with Gasteiger partial charge >= 0.3 is 0 Å². The molecule has 0 amide bonds. The van der Waals surface area contributed by atoms with E-state index >= 15 is 0 Å². The lowest BCUT2D eigenvalue weighted by Crippen LogP contribution is -2.59. The summed E-state index contributed by atoms with van der Waals surface area (Å²) in [6, 6.07) is 0. The van der Waals surface area contributed by atoms with Crippen molar-refractivity contribution in [3.05, 3.63) is 0 Å². The number of hydrogen-bond donors (Lipinski definition) is 5. The molecule has 0 bridgehead atoms. The molecule has 6 N–H and O–H groups in total. The molecule has 0 spiro atoms. The van der Waals surface area contributed by atoms with Crippen molar-refractivity contribution in [3.63, 3.8) is 0 Å². The van der Waals surface area contributed by atoms with Gasteiger partial charge in [-0.2, -0.15) is 0 Å². The number of aliphatic hydroxyl groups is 4. The fourth-order valence-electron chi connectivity index (χ4n) is 1.13. The molecule has 12 heavy (non-hydrogen) atoms. The summed E-state index contributed by atoms with van der Waals surface area (Å²) in [4.78, 5) is 0. The Morgan fingerprint density at radius 1 is 1.00 bits per heavy atom. The Hall–Kier alpha value is -0.240. The topological polar surface area (TPSA) is 116 Å². The molecule has 1 saturated heterocycles. The average Bonchev–Trinajstić information content (AvgIpc) is 2.08. The molecular formula is C6H13NO5. The van der Waals surface area contributed by atoms with Crippen LogP contribution in [0.4, 0.5) is 0 Å². The predicted molar refractivity (Wildman–Crippen MR) is 38.0 cm³/mol. The monoisotopic (exact) mass is 179 g/mol. The van der Waals surface area contributed by atoms with Crippen LogP contribution < -0.4 is 5.73 Å². The summed E-state index contributed by atoms with van der Waals surface area (Å²) in [5, 5.41) is 36.3. The van der Waals surface area contributed by atoms with E-state index in [9.17, 15) is 5.11 Å². The molecule has 0 radical (unpaired) electrons. The van der Waals surface area contributed by atoms with Crippen molar-refractivity contribution in [2.24, 2.45) is 5.73 Å². The Kier molecular flexibility index (Phi) is 2.99. The minimum absolute atomic E-state index is 0.0258. The van der Waals surface area contributed by atoms with Gasteiger partial charge in [0.15, 0.2) is 6.29 Å². The van der Waals surface area contributed by atoms with E-state index < -0.39 is 30.7 Å². The lowest BCUT2D eigenvalue weighted by atomic mass is 9.99. The molecule has 0 aromatic heterocycles. The highest BCUT2D eigenvalue weighted by Gasteiger charge is 2.42. The van der Waals surface area contributed by atoms with Crippen LogP contribution >= 0.6 is 0 Å². The van der Waals surface area contributed by atoms with Gasteiger partial charge in [0, 0.05) is 6.54 Å². The average molecular weight is 179 g/mol. The zero-order chi connectivity index (χ0) is 9.30. The fourth-order valence-corrected chi connectivity index (χ4v) is 1.13. The van der Waals surface area contributed by atoms with E-state index in [-0.39, 0.29) is 6.54 Å². The summed E-state index contributed by atoms with van der Waals surface area (Å²) < 4.78 is 4.70. The SMILES string of the molecule is NC[C@H]1OC(O)[C@@H](O)C(O)[C@@H]1O. The third kappa shape index (κ3) is 1.58. The summed E-state index contributed by atoms with van der Waals surface area (Å²) in [5.41, 5.74) is 5.17.